The monoisotopic (exact) mass is 239 g/mol. The fourth-order valence-electron chi connectivity index (χ4n) is 1.98. The van der Waals surface area contributed by atoms with E-state index in [9.17, 15) is 9.90 Å². The van der Waals surface area contributed by atoms with Crippen LogP contribution in [-0.4, -0.2) is 5.97 Å². The molecule has 0 N–H and O–H groups in total. The molecule has 0 amide bonds. The van der Waals surface area contributed by atoms with E-state index in [1.165, 1.54) is 0 Å². The highest BCUT2D eigenvalue weighted by Gasteiger charge is 2.07. The molecule has 0 aliphatic carbocycles. The second-order valence-electron chi connectivity index (χ2n) is 4.68. The largest absolute Gasteiger partial charge is 0.545 e. The van der Waals surface area contributed by atoms with E-state index in [0.29, 0.717) is 12.0 Å². The Morgan fingerprint density at radius 1 is 0.824 bits per heavy atom. The topological polar surface area (TPSA) is 40.1 Å². The van der Waals surface area contributed by atoms with Crippen molar-refractivity contribution >= 4 is 5.97 Å². The molecule has 0 aromatic heterocycles. The molecule has 0 saturated heterocycles. The van der Waals surface area contributed by atoms with E-state index in [0.717, 1.165) is 56.9 Å². The number of carboxylic acid groups (broad SMARTS) is 1. The number of aliphatic carboxylic acids is 1. The summed E-state index contributed by atoms with van der Waals surface area (Å²) in [5, 5.41) is 11.2. The standard InChI is InChI=1S/C15H28O2/c1-4-7-10-13(11-8-5-2)14(15(16)17)12-9-6-3/h4-12H2,1-3H3,(H,16,17)/p-1. The lowest BCUT2D eigenvalue weighted by atomic mass is 9.94. The Balaban J connectivity index is 4.73. The van der Waals surface area contributed by atoms with Gasteiger partial charge in [-0.05, 0) is 44.1 Å². The van der Waals surface area contributed by atoms with Crippen molar-refractivity contribution in [3.05, 3.63) is 11.1 Å². The van der Waals surface area contributed by atoms with E-state index in [-0.39, 0.29) is 0 Å². The molecular weight excluding hydrogens is 212 g/mol. The zero-order chi connectivity index (χ0) is 13.1. The summed E-state index contributed by atoms with van der Waals surface area (Å²) in [5.74, 6) is -0.944. The molecule has 0 unspecified atom stereocenters. The Kier molecular flexibility index (Phi) is 9.89. The zero-order valence-corrected chi connectivity index (χ0v) is 11.7. The summed E-state index contributed by atoms with van der Waals surface area (Å²) in [7, 11) is 0. The van der Waals surface area contributed by atoms with Crippen molar-refractivity contribution in [3.8, 4) is 0 Å². The van der Waals surface area contributed by atoms with Crippen LogP contribution < -0.4 is 5.11 Å². The predicted octanol–water partition coefficient (Wildman–Crippen LogP) is 3.60. The van der Waals surface area contributed by atoms with Gasteiger partial charge in [0, 0.05) is 0 Å². The van der Waals surface area contributed by atoms with Crippen molar-refractivity contribution in [1.82, 2.24) is 0 Å². The third kappa shape index (κ3) is 7.19. The third-order valence-corrected chi connectivity index (χ3v) is 3.12. The minimum absolute atomic E-state index is 0.591. The van der Waals surface area contributed by atoms with Crippen LogP contribution in [0.5, 0.6) is 0 Å². The molecule has 0 radical (unpaired) electrons. The second kappa shape index (κ2) is 10.4. The summed E-state index contributed by atoms with van der Waals surface area (Å²) < 4.78 is 0. The van der Waals surface area contributed by atoms with Gasteiger partial charge in [-0.15, -0.1) is 0 Å². The third-order valence-electron chi connectivity index (χ3n) is 3.12. The molecule has 17 heavy (non-hydrogen) atoms. The lowest BCUT2D eigenvalue weighted by Gasteiger charge is -2.16. The molecule has 0 heterocycles. The van der Waals surface area contributed by atoms with E-state index in [4.69, 9.17) is 0 Å². The van der Waals surface area contributed by atoms with Crippen LogP contribution in [0.1, 0.15) is 78.6 Å². The van der Waals surface area contributed by atoms with Crippen molar-refractivity contribution in [2.24, 2.45) is 0 Å². The summed E-state index contributed by atoms with van der Waals surface area (Å²) in [6, 6.07) is 0. The first-order chi connectivity index (χ1) is 8.17. The smallest absolute Gasteiger partial charge is 0.0674 e. The van der Waals surface area contributed by atoms with Crippen LogP contribution in [0.25, 0.3) is 0 Å². The lowest BCUT2D eigenvalue weighted by molar-refractivity contribution is -0.299. The Labute approximate surface area is 106 Å². The van der Waals surface area contributed by atoms with Crippen LogP contribution in [0, 0.1) is 0 Å². The van der Waals surface area contributed by atoms with Gasteiger partial charge in [0.1, 0.15) is 0 Å². The van der Waals surface area contributed by atoms with Gasteiger partial charge in [-0.3, -0.25) is 0 Å². The molecular formula is C15H27O2-. The highest BCUT2D eigenvalue weighted by molar-refractivity contribution is 5.85. The molecule has 0 aromatic rings. The maximum absolute atomic E-state index is 11.2. The van der Waals surface area contributed by atoms with Gasteiger partial charge >= 0.3 is 0 Å². The van der Waals surface area contributed by atoms with Crippen molar-refractivity contribution in [3.63, 3.8) is 0 Å². The van der Waals surface area contributed by atoms with Crippen molar-refractivity contribution < 1.29 is 9.90 Å². The molecule has 0 atom stereocenters. The minimum Gasteiger partial charge on any atom is -0.545 e. The van der Waals surface area contributed by atoms with Gasteiger partial charge in [0.25, 0.3) is 0 Å². The van der Waals surface area contributed by atoms with Crippen LogP contribution in [0.2, 0.25) is 0 Å². The first kappa shape index (κ1) is 16.2. The highest BCUT2D eigenvalue weighted by Crippen LogP contribution is 2.22. The van der Waals surface area contributed by atoms with Gasteiger partial charge in [-0.25, -0.2) is 0 Å². The summed E-state index contributed by atoms with van der Waals surface area (Å²) >= 11 is 0. The molecule has 0 bridgehead atoms. The first-order valence-corrected chi connectivity index (χ1v) is 7.09. The Morgan fingerprint density at radius 3 is 1.59 bits per heavy atom. The van der Waals surface area contributed by atoms with Gasteiger partial charge in [0.2, 0.25) is 0 Å². The zero-order valence-electron chi connectivity index (χ0n) is 11.7. The van der Waals surface area contributed by atoms with Crippen molar-refractivity contribution in [2.45, 2.75) is 78.6 Å². The molecule has 0 fully saturated rings. The number of carbonyl (C=O) groups excluding carboxylic acids is 1. The number of allylic oxidation sites excluding steroid dienone is 1. The van der Waals surface area contributed by atoms with Crippen LogP contribution in [0.4, 0.5) is 0 Å². The first-order valence-electron chi connectivity index (χ1n) is 7.09. The fourth-order valence-corrected chi connectivity index (χ4v) is 1.98. The quantitative estimate of drug-likeness (QED) is 0.546. The normalized spacial score (nSPS) is 10.3. The van der Waals surface area contributed by atoms with Crippen LogP contribution in [0.15, 0.2) is 11.1 Å². The molecule has 0 aliphatic heterocycles. The molecule has 0 spiro atoms. The summed E-state index contributed by atoms with van der Waals surface area (Å²) in [6.07, 6.45) is 8.93. The number of carboxylic acids is 1. The van der Waals surface area contributed by atoms with E-state index in [1.54, 1.807) is 0 Å². The molecule has 0 rings (SSSR count). The van der Waals surface area contributed by atoms with Gasteiger partial charge in [-0.1, -0.05) is 45.6 Å². The Morgan fingerprint density at radius 2 is 1.24 bits per heavy atom. The number of rotatable bonds is 10. The molecule has 0 aromatic carbocycles. The number of hydrogen-bond donors (Lipinski definition) is 0. The van der Waals surface area contributed by atoms with Crippen LogP contribution in [-0.2, 0) is 4.79 Å². The van der Waals surface area contributed by atoms with E-state index < -0.39 is 5.97 Å². The molecule has 2 heteroatoms. The van der Waals surface area contributed by atoms with E-state index >= 15 is 0 Å². The molecule has 100 valence electrons. The molecule has 0 aliphatic rings. The van der Waals surface area contributed by atoms with Gasteiger partial charge in [0.05, 0.1) is 5.97 Å². The number of unbranched alkanes of at least 4 members (excludes halogenated alkanes) is 3. The summed E-state index contributed by atoms with van der Waals surface area (Å²) in [5.41, 5.74) is 1.73. The predicted molar refractivity (Wildman–Crippen MR) is 70.6 cm³/mol. The second-order valence-corrected chi connectivity index (χ2v) is 4.68. The fraction of sp³-hybridized carbons (Fsp3) is 0.800. The lowest BCUT2D eigenvalue weighted by Crippen LogP contribution is -2.25. The average molecular weight is 239 g/mol. The molecule has 2 nitrogen and oxygen atoms in total. The average Bonchev–Trinajstić information content (AvgIpc) is 2.31. The minimum atomic E-state index is -0.944. The summed E-state index contributed by atoms with van der Waals surface area (Å²) in [4.78, 5) is 11.2. The van der Waals surface area contributed by atoms with Gasteiger partial charge < -0.3 is 9.90 Å². The maximum atomic E-state index is 11.2. The van der Waals surface area contributed by atoms with E-state index in [1.807, 2.05) is 0 Å². The number of hydrogen-bond acceptors (Lipinski definition) is 2. The Bertz CT molecular complexity index is 231. The SMILES string of the molecule is CCCCC(CCCC)=C(CCCC)C(=O)[O-]. The highest BCUT2D eigenvalue weighted by atomic mass is 16.4. The van der Waals surface area contributed by atoms with Gasteiger partial charge in [-0.2, -0.15) is 0 Å². The maximum Gasteiger partial charge on any atom is 0.0674 e. The van der Waals surface area contributed by atoms with Crippen LogP contribution >= 0.6 is 0 Å². The number of carbonyl (C=O) groups is 1. The van der Waals surface area contributed by atoms with E-state index in [2.05, 4.69) is 20.8 Å². The van der Waals surface area contributed by atoms with Crippen molar-refractivity contribution in [1.29, 1.82) is 0 Å². The van der Waals surface area contributed by atoms with Gasteiger partial charge in [0.15, 0.2) is 0 Å². The Hall–Kier alpha value is -0.790. The van der Waals surface area contributed by atoms with Crippen LogP contribution in [0.3, 0.4) is 0 Å². The summed E-state index contributed by atoms with van der Waals surface area (Å²) in [6.45, 7) is 6.37. The molecule has 0 saturated carbocycles. The van der Waals surface area contributed by atoms with Crippen molar-refractivity contribution in [2.75, 3.05) is 0 Å².